The van der Waals surface area contributed by atoms with Crippen molar-refractivity contribution in [2.24, 2.45) is 0 Å². The number of ether oxygens (including phenoxy) is 1. The van der Waals surface area contributed by atoms with E-state index in [1.54, 1.807) is 31.2 Å². The lowest BCUT2D eigenvalue weighted by atomic mass is 9.97. The second-order valence-corrected chi connectivity index (χ2v) is 10.8. The van der Waals surface area contributed by atoms with Gasteiger partial charge in [-0.25, -0.2) is 13.4 Å². The standard InChI is InChI=1S/C27H28N4O4S/c1-19(35-22-7-3-2-4-8-22)27(32)28-21-11-13-23(14-12-21)36(33,34)31-17-15-20(16-18-31)26-29-24-9-5-6-10-25(24)30-26/h2-14,19-20H,15-18H2,1H3,(H,28,32)(H,29,30). The molecule has 1 unspecified atom stereocenters. The van der Waals surface area contributed by atoms with Gasteiger partial charge in [-0.05, 0) is 68.3 Å². The minimum atomic E-state index is -3.63. The van der Waals surface area contributed by atoms with E-state index in [-0.39, 0.29) is 16.7 Å². The van der Waals surface area contributed by atoms with Crippen LogP contribution in [0, 0.1) is 0 Å². The van der Waals surface area contributed by atoms with Gasteiger partial charge in [0.15, 0.2) is 6.10 Å². The molecule has 3 aromatic carbocycles. The fraction of sp³-hybridized carbons (Fsp3) is 0.259. The molecule has 2 N–H and O–H groups in total. The molecular weight excluding hydrogens is 476 g/mol. The van der Waals surface area contributed by atoms with Crippen LogP contribution in [0.3, 0.4) is 0 Å². The molecule has 1 aromatic heterocycles. The number of hydrogen-bond donors (Lipinski definition) is 2. The van der Waals surface area contributed by atoms with Crippen molar-refractivity contribution >= 4 is 32.7 Å². The van der Waals surface area contributed by atoms with Crippen molar-refractivity contribution in [2.45, 2.75) is 36.7 Å². The first-order valence-corrected chi connectivity index (χ1v) is 13.4. The van der Waals surface area contributed by atoms with Gasteiger partial charge in [0.05, 0.1) is 15.9 Å². The van der Waals surface area contributed by atoms with E-state index in [0.717, 1.165) is 16.9 Å². The molecular formula is C27H28N4O4S. The van der Waals surface area contributed by atoms with Gasteiger partial charge in [-0.2, -0.15) is 4.31 Å². The van der Waals surface area contributed by atoms with Gasteiger partial charge in [-0.3, -0.25) is 4.79 Å². The molecule has 9 heteroatoms. The Balaban J connectivity index is 1.18. The van der Waals surface area contributed by atoms with Crippen molar-refractivity contribution in [3.05, 3.63) is 84.7 Å². The van der Waals surface area contributed by atoms with E-state index >= 15 is 0 Å². The molecule has 0 aliphatic carbocycles. The van der Waals surface area contributed by atoms with E-state index < -0.39 is 16.1 Å². The molecule has 0 saturated carbocycles. The van der Waals surface area contributed by atoms with Crippen LogP contribution in [-0.4, -0.2) is 47.8 Å². The number of benzene rings is 3. The van der Waals surface area contributed by atoms with Crippen molar-refractivity contribution < 1.29 is 17.9 Å². The van der Waals surface area contributed by atoms with E-state index in [1.165, 1.54) is 16.4 Å². The van der Waals surface area contributed by atoms with E-state index in [4.69, 9.17) is 4.74 Å². The van der Waals surface area contributed by atoms with Gasteiger partial charge < -0.3 is 15.0 Å². The number of hydrogen-bond acceptors (Lipinski definition) is 5. The topological polar surface area (TPSA) is 104 Å². The van der Waals surface area contributed by atoms with Gasteiger partial charge in [0.2, 0.25) is 10.0 Å². The van der Waals surface area contributed by atoms with Crippen molar-refractivity contribution in [1.29, 1.82) is 0 Å². The summed E-state index contributed by atoms with van der Waals surface area (Å²) in [5.41, 5.74) is 2.43. The minimum Gasteiger partial charge on any atom is -0.481 e. The molecule has 0 bridgehead atoms. The van der Waals surface area contributed by atoms with Crippen LogP contribution in [0.2, 0.25) is 0 Å². The largest absolute Gasteiger partial charge is 0.481 e. The predicted molar refractivity (Wildman–Crippen MR) is 138 cm³/mol. The summed E-state index contributed by atoms with van der Waals surface area (Å²) in [7, 11) is -3.63. The average Bonchev–Trinajstić information content (AvgIpc) is 3.34. The Hall–Kier alpha value is -3.69. The van der Waals surface area contributed by atoms with Crippen LogP contribution in [0.4, 0.5) is 5.69 Å². The number of anilines is 1. The molecule has 1 fully saturated rings. The molecule has 1 saturated heterocycles. The predicted octanol–water partition coefficient (Wildman–Crippen LogP) is 4.54. The number of sulfonamides is 1. The van der Waals surface area contributed by atoms with Crippen LogP contribution < -0.4 is 10.1 Å². The van der Waals surface area contributed by atoms with E-state index in [0.29, 0.717) is 37.4 Å². The Bertz CT molecular complexity index is 1410. The second kappa shape index (κ2) is 10.1. The molecule has 0 spiro atoms. The number of aromatic nitrogens is 2. The number of aromatic amines is 1. The lowest BCUT2D eigenvalue weighted by molar-refractivity contribution is -0.122. The molecule has 0 radical (unpaired) electrons. The summed E-state index contributed by atoms with van der Waals surface area (Å²) in [6.45, 7) is 2.52. The number of amides is 1. The highest BCUT2D eigenvalue weighted by molar-refractivity contribution is 7.89. The van der Waals surface area contributed by atoms with Crippen LogP contribution in [0.25, 0.3) is 11.0 Å². The van der Waals surface area contributed by atoms with Gasteiger partial charge in [-0.15, -0.1) is 0 Å². The van der Waals surface area contributed by atoms with Gasteiger partial charge in [0.25, 0.3) is 5.91 Å². The lowest BCUT2D eigenvalue weighted by Crippen LogP contribution is -2.38. The Morgan fingerprint density at radius 2 is 1.67 bits per heavy atom. The quantitative estimate of drug-likeness (QED) is 0.385. The van der Waals surface area contributed by atoms with Gasteiger partial charge >= 0.3 is 0 Å². The first-order valence-electron chi connectivity index (χ1n) is 12.0. The van der Waals surface area contributed by atoms with Crippen LogP contribution in [-0.2, 0) is 14.8 Å². The zero-order valence-electron chi connectivity index (χ0n) is 19.9. The first-order chi connectivity index (χ1) is 17.4. The number of carbonyl (C=O) groups is 1. The summed E-state index contributed by atoms with van der Waals surface area (Å²) in [6.07, 6.45) is 0.697. The van der Waals surface area contributed by atoms with Crippen molar-refractivity contribution in [1.82, 2.24) is 14.3 Å². The Kier molecular flexibility index (Phi) is 6.75. The summed E-state index contributed by atoms with van der Waals surface area (Å²) < 4.78 is 33.6. The fourth-order valence-corrected chi connectivity index (χ4v) is 5.87. The summed E-state index contributed by atoms with van der Waals surface area (Å²) in [4.78, 5) is 20.7. The number of para-hydroxylation sites is 3. The second-order valence-electron chi connectivity index (χ2n) is 8.90. The zero-order chi connectivity index (χ0) is 25.1. The summed E-state index contributed by atoms with van der Waals surface area (Å²) >= 11 is 0. The molecule has 1 aliphatic rings. The van der Waals surface area contributed by atoms with Crippen LogP contribution >= 0.6 is 0 Å². The Morgan fingerprint density at radius 3 is 2.36 bits per heavy atom. The molecule has 186 valence electrons. The average molecular weight is 505 g/mol. The molecule has 5 rings (SSSR count). The smallest absolute Gasteiger partial charge is 0.265 e. The molecule has 8 nitrogen and oxygen atoms in total. The third-order valence-corrected chi connectivity index (χ3v) is 8.35. The molecule has 1 aliphatic heterocycles. The van der Waals surface area contributed by atoms with Gasteiger partial charge in [0.1, 0.15) is 11.6 Å². The van der Waals surface area contributed by atoms with E-state index in [1.807, 2.05) is 42.5 Å². The normalized spacial score (nSPS) is 16.0. The fourth-order valence-electron chi connectivity index (χ4n) is 4.40. The maximum atomic E-state index is 13.2. The third kappa shape index (κ3) is 5.12. The molecule has 2 heterocycles. The number of rotatable bonds is 7. The van der Waals surface area contributed by atoms with Crippen LogP contribution in [0.15, 0.2) is 83.8 Å². The zero-order valence-corrected chi connectivity index (χ0v) is 20.7. The number of carbonyl (C=O) groups excluding carboxylic acids is 1. The molecule has 36 heavy (non-hydrogen) atoms. The highest BCUT2D eigenvalue weighted by Crippen LogP contribution is 2.30. The molecule has 4 aromatic rings. The summed E-state index contributed by atoms with van der Waals surface area (Å²) in [6, 6.07) is 23.2. The monoisotopic (exact) mass is 504 g/mol. The maximum Gasteiger partial charge on any atom is 0.265 e. The first kappa shape index (κ1) is 24.0. The van der Waals surface area contributed by atoms with Crippen molar-refractivity contribution in [2.75, 3.05) is 18.4 Å². The van der Waals surface area contributed by atoms with Gasteiger partial charge in [-0.1, -0.05) is 30.3 Å². The number of nitrogens with zero attached hydrogens (tertiary/aromatic N) is 2. The third-order valence-electron chi connectivity index (χ3n) is 6.43. The number of imidazole rings is 1. The Labute approximate surface area is 210 Å². The number of piperidine rings is 1. The maximum absolute atomic E-state index is 13.2. The van der Waals surface area contributed by atoms with Crippen LogP contribution in [0.1, 0.15) is 31.5 Å². The van der Waals surface area contributed by atoms with Crippen molar-refractivity contribution in [3.8, 4) is 5.75 Å². The van der Waals surface area contributed by atoms with E-state index in [2.05, 4.69) is 15.3 Å². The lowest BCUT2D eigenvalue weighted by Gasteiger charge is -2.30. The number of fused-ring (bicyclic) bond motifs is 1. The highest BCUT2D eigenvalue weighted by Gasteiger charge is 2.31. The molecule has 1 atom stereocenters. The summed E-state index contributed by atoms with van der Waals surface area (Å²) in [5, 5.41) is 2.77. The number of H-pyrrole nitrogens is 1. The van der Waals surface area contributed by atoms with Crippen LogP contribution in [0.5, 0.6) is 5.75 Å². The molecule has 1 amide bonds. The summed E-state index contributed by atoms with van der Waals surface area (Å²) in [5.74, 6) is 1.40. The number of nitrogens with one attached hydrogen (secondary N) is 2. The van der Waals surface area contributed by atoms with Gasteiger partial charge in [0, 0.05) is 24.7 Å². The van der Waals surface area contributed by atoms with E-state index in [9.17, 15) is 13.2 Å². The Morgan fingerprint density at radius 1 is 1.00 bits per heavy atom. The van der Waals surface area contributed by atoms with Crippen molar-refractivity contribution in [3.63, 3.8) is 0 Å². The SMILES string of the molecule is CC(Oc1ccccc1)C(=O)Nc1ccc(S(=O)(=O)N2CCC(c3nc4ccccc4[nH]3)CC2)cc1. The highest BCUT2D eigenvalue weighted by atomic mass is 32.2. The minimum absolute atomic E-state index is 0.196.